The summed E-state index contributed by atoms with van der Waals surface area (Å²) in [4.78, 5) is 26.9. The number of benzene rings is 3. The minimum atomic E-state index is -1.25. The van der Waals surface area contributed by atoms with Gasteiger partial charge in [-0.25, -0.2) is 0 Å². The summed E-state index contributed by atoms with van der Waals surface area (Å²) in [6.45, 7) is 0. The van der Waals surface area contributed by atoms with Crippen molar-refractivity contribution in [3.8, 4) is 23.0 Å². The summed E-state index contributed by atoms with van der Waals surface area (Å²) in [5.74, 6) is -0.140. The van der Waals surface area contributed by atoms with Crippen LogP contribution in [0.4, 0.5) is 0 Å². The number of nitrogens with two attached hydrogens (primary N) is 1. The number of ketones is 2. The zero-order valence-corrected chi connectivity index (χ0v) is 23.5. The molecular weight excluding hydrogens is 541 g/mol. The van der Waals surface area contributed by atoms with E-state index in [0.717, 1.165) is 0 Å². The molecule has 3 aromatic carbocycles. The fourth-order valence-corrected chi connectivity index (χ4v) is 4.46. The highest BCUT2D eigenvalue weighted by Gasteiger charge is 2.32. The lowest BCUT2D eigenvalue weighted by molar-refractivity contribution is -0.128. The molecule has 0 aliphatic carbocycles. The molecule has 7 nitrogen and oxygen atoms in total. The Bertz CT molecular complexity index is 1320. The zero-order valence-electron chi connectivity index (χ0n) is 21.9. The lowest BCUT2D eigenvalue weighted by Gasteiger charge is -2.21. The van der Waals surface area contributed by atoms with Crippen LogP contribution < -0.4 is 24.7 Å². The molecule has 0 aromatic heterocycles. The summed E-state index contributed by atoms with van der Waals surface area (Å²) in [7, 11) is 6.10. The molecule has 0 fully saturated rings. The van der Waals surface area contributed by atoms with Crippen molar-refractivity contribution in [3.05, 3.63) is 93.5 Å². The highest BCUT2D eigenvalue weighted by atomic mass is 35.5. The fourth-order valence-electron chi connectivity index (χ4n) is 3.92. The molecule has 0 heterocycles. The number of carbonyl (C=O) groups excluding carboxylic acids is 2. The van der Waals surface area contributed by atoms with E-state index in [-0.39, 0.29) is 5.02 Å². The molecule has 0 spiro atoms. The summed E-state index contributed by atoms with van der Waals surface area (Å²) in [5.41, 5.74) is 8.25. The van der Waals surface area contributed by atoms with Crippen LogP contribution in [-0.2, 0) is 9.59 Å². The topological polar surface area (TPSA) is 97.1 Å². The van der Waals surface area contributed by atoms with E-state index >= 15 is 0 Å². The molecule has 9 heteroatoms. The van der Waals surface area contributed by atoms with Gasteiger partial charge in [0.05, 0.1) is 28.4 Å². The third-order valence-corrected chi connectivity index (χ3v) is 6.55. The predicted molar refractivity (Wildman–Crippen MR) is 154 cm³/mol. The third kappa shape index (κ3) is 7.41. The van der Waals surface area contributed by atoms with Gasteiger partial charge in [-0.3, -0.25) is 9.59 Å². The van der Waals surface area contributed by atoms with Gasteiger partial charge in [-0.2, -0.15) is 0 Å². The molecule has 3 rings (SSSR count). The summed E-state index contributed by atoms with van der Waals surface area (Å²) < 4.78 is 21.2. The van der Waals surface area contributed by atoms with Crippen molar-refractivity contribution < 1.29 is 28.5 Å². The third-order valence-electron chi connectivity index (χ3n) is 5.99. The van der Waals surface area contributed by atoms with Gasteiger partial charge in [-0.1, -0.05) is 53.6 Å². The van der Waals surface area contributed by atoms with Gasteiger partial charge in [0.25, 0.3) is 0 Å². The normalized spacial score (nSPS) is 12.1. The molecule has 0 radical (unpaired) electrons. The van der Waals surface area contributed by atoms with Crippen molar-refractivity contribution in [2.45, 2.75) is 6.04 Å². The van der Waals surface area contributed by atoms with E-state index in [9.17, 15) is 9.59 Å². The highest BCUT2D eigenvalue weighted by Crippen LogP contribution is 2.32. The lowest BCUT2D eigenvalue weighted by Crippen LogP contribution is -2.33. The van der Waals surface area contributed by atoms with E-state index in [4.69, 9.17) is 47.9 Å². The van der Waals surface area contributed by atoms with Crippen molar-refractivity contribution in [1.82, 2.24) is 0 Å². The Kier molecular flexibility index (Phi) is 10.6. The average molecular weight is 570 g/mol. The monoisotopic (exact) mass is 569 g/mol. The van der Waals surface area contributed by atoms with Gasteiger partial charge in [0, 0.05) is 16.1 Å². The Balaban J connectivity index is 1.95. The molecule has 0 amide bonds. The van der Waals surface area contributed by atoms with E-state index in [0.29, 0.717) is 44.7 Å². The molecule has 0 saturated carbocycles. The van der Waals surface area contributed by atoms with E-state index < -0.39 is 23.5 Å². The van der Waals surface area contributed by atoms with E-state index in [1.165, 1.54) is 46.7 Å². The summed E-state index contributed by atoms with van der Waals surface area (Å²) >= 11 is 12.4. The molecule has 0 bridgehead atoms. The first-order valence-electron chi connectivity index (χ1n) is 11.8. The Hall–Kier alpha value is -3.78. The van der Waals surface area contributed by atoms with Gasteiger partial charge in [-0.15, -0.1) is 0 Å². The number of halogens is 2. The highest BCUT2D eigenvalue weighted by molar-refractivity contribution is 6.35. The predicted octanol–water partition coefficient (Wildman–Crippen LogP) is 6.21. The maximum Gasteiger partial charge on any atom is 0.168 e. The van der Waals surface area contributed by atoms with Crippen molar-refractivity contribution in [2.75, 3.05) is 28.4 Å². The van der Waals surface area contributed by atoms with Crippen molar-refractivity contribution in [3.63, 3.8) is 0 Å². The molecule has 0 saturated heterocycles. The number of hydrogen-bond donors (Lipinski definition) is 1. The van der Waals surface area contributed by atoms with Crippen LogP contribution >= 0.6 is 23.2 Å². The Morgan fingerprint density at radius 3 is 1.56 bits per heavy atom. The number of methoxy groups -OCH3 is 4. The Morgan fingerprint density at radius 2 is 1.15 bits per heavy atom. The van der Waals surface area contributed by atoms with Gasteiger partial charge in [-0.05, 0) is 65.2 Å². The molecule has 1 atom stereocenters. The van der Waals surface area contributed by atoms with Gasteiger partial charge in [0.2, 0.25) is 0 Å². The lowest BCUT2D eigenvalue weighted by atomic mass is 9.86. The number of ether oxygens (including phenoxy) is 4. The van der Waals surface area contributed by atoms with Gasteiger partial charge < -0.3 is 24.7 Å². The first-order chi connectivity index (χ1) is 18.7. The second kappa shape index (κ2) is 13.8. The molecule has 0 aliphatic heterocycles. The van der Waals surface area contributed by atoms with Crippen LogP contribution in [0.5, 0.6) is 23.0 Å². The summed E-state index contributed by atoms with van der Waals surface area (Å²) in [5, 5.41) is 0.667. The summed E-state index contributed by atoms with van der Waals surface area (Å²) in [6.07, 6.45) is 5.80. The fraction of sp³-hybridized carbons (Fsp3) is 0.200. The largest absolute Gasteiger partial charge is 0.493 e. The van der Waals surface area contributed by atoms with Crippen LogP contribution in [0, 0.1) is 5.92 Å². The Labute approximate surface area is 237 Å². The molecule has 39 heavy (non-hydrogen) atoms. The Morgan fingerprint density at radius 1 is 0.692 bits per heavy atom. The maximum absolute atomic E-state index is 13.4. The molecule has 3 aromatic rings. The van der Waals surface area contributed by atoms with Gasteiger partial charge in [0.1, 0.15) is 5.92 Å². The van der Waals surface area contributed by atoms with Crippen LogP contribution in [-0.4, -0.2) is 40.0 Å². The van der Waals surface area contributed by atoms with Crippen LogP contribution in [0.3, 0.4) is 0 Å². The van der Waals surface area contributed by atoms with Gasteiger partial charge in [0.15, 0.2) is 34.6 Å². The first-order valence-corrected chi connectivity index (χ1v) is 12.6. The second-order valence-corrected chi connectivity index (χ2v) is 9.21. The van der Waals surface area contributed by atoms with Crippen molar-refractivity contribution in [2.24, 2.45) is 11.7 Å². The van der Waals surface area contributed by atoms with E-state index in [1.807, 2.05) is 0 Å². The SMILES string of the molecule is COc1ccc(/C=C/C(=O)C(C(=O)/C=C/c2ccc(OC)c(OC)c2)C(N)c2ccc(Cl)cc2Cl)cc1OC. The molecule has 204 valence electrons. The van der Waals surface area contributed by atoms with Gasteiger partial charge >= 0.3 is 0 Å². The van der Waals surface area contributed by atoms with Crippen LogP contribution in [0.1, 0.15) is 22.7 Å². The minimum Gasteiger partial charge on any atom is -0.493 e. The summed E-state index contributed by atoms with van der Waals surface area (Å²) in [6, 6.07) is 14.1. The number of allylic oxidation sites excluding steroid dienone is 2. The zero-order chi connectivity index (χ0) is 28.5. The van der Waals surface area contributed by atoms with E-state index in [2.05, 4.69) is 0 Å². The quantitative estimate of drug-likeness (QED) is 0.204. The standard InChI is InChI=1S/C30H29Cl2NO6/c1-36-25-13-7-18(15-27(25)38-3)5-11-23(34)29(30(33)21-10-9-20(31)17-22(21)32)24(35)12-6-19-8-14-26(37-2)28(16-19)39-4/h5-17,29-30H,33H2,1-4H3/b11-5+,12-6+. The smallest absolute Gasteiger partial charge is 0.168 e. The molecule has 2 N–H and O–H groups in total. The first kappa shape index (κ1) is 29.8. The number of carbonyl (C=O) groups is 2. The molecule has 1 unspecified atom stereocenters. The number of rotatable bonds is 12. The van der Waals surface area contributed by atoms with Crippen LogP contribution in [0.15, 0.2) is 66.7 Å². The van der Waals surface area contributed by atoms with Crippen molar-refractivity contribution in [1.29, 1.82) is 0 Å². The number of hydrogen-bond acceptors (Lipinski definition) is 7. The average Bonchev–Trinajstić information content (AvgIpc) is 2.94. The molecular formula is C30H29Cl2NO6. The maximum atomic E-state index is 13.4. The van der Waals surface area contributed by atoms with Crippen LogP contribution in [0.2, 0.25) is 10.0 Å². The van der Waals surface area contributed by atoms with E-state index in [1.54, 1.807) is 60.7 Å². The second-order valence-electron chi connectivity index (χ2n) is 8.37. The minimum absolute atomic E-state index is 0.258. The molecule has 0 aliphatic rings. The van der Waals surface area contributed by atoms with Crippen LogP contribution in [0.25, 0.3) is 12.2 Å². The van der Waals surface area contributed by atoms with Crippen molar-refractivity contribution >= 4 is 46.9 Å².